The third kappa shape index (κ3) is 4.45. The fourth-order valence-corrected chi connectivity index (χ4v) is 4.93. The first-order chi connectivity index (χ1) is 17.7. The number of ether oxygens (including phenoxy) is 1. The van der Waals surface area contributed by atoms with Crippen LogP contribution in [0.5, 0.6) is 0 Å². The first-order valence-corrected chi connectivity index (χ1v) is 12.3. The lowest BCUT2D eigenvalue weighted by Gasteiger charge is -2.28. The quantitative estimate of drug-likeness (QED) is 0.348. The summed E-state index contributed by atoms with van der Waals surface area (Å²) in [6.45, 7) is 3.30. The highest BCUT2D eigenvalue weighted by atomic mass is 35.5. The molecule has 36 heavy (non-hydrogen) atoms. The van der Waals surface area contributed by atoms with E-state index in [1.807, 2.05) is 48.7 Å². The number of nitrogens with one attached hydrogen (secondary N) is 1. The largest absolute Gasteiger partial charge is 0.378 e. The molecule has 3 aromatic carbocycles. The summed E-state index contributed by atoms with van der Waals surface area (Å²) < 4.78 is 20.2. The second-order valence-electron chi connectivity index (χ2n) is 8.83. The van der Waals surface area contributed by atoms with E-state index in [9.17, 15) is 4.39 Å². The molecule has 6 rings (SSSR count). The van der Waals surface area contributed by atoms with Gasteiger partial charge in [0, 0.05) is 52.4 Å². The summed E-state index contributed by atoms with van der Waals surface area (Å²) in [7, 11) is 0. The molecule has 0 bridgehead atoms. The third-order valence-electron chi connectivity index (χ3n) is 6.58. The van der Waals surface area contributed by atoms with Crippen molar-refractivity contribution >= 4 is 34.5 Å². The Labute approximate surface area is 214 Å². The Morgan fingerprint density at radius 1 is 0.917 bits per heavy atom. The van der Waals surface area contributed by atoms with E-state index >= 15 is 0 Å². The van der Waals surface area contributed by atoms with Crippen molar-refractivity contribution in [3.63, 3.8) is 0 Å². The van der Waals surface area contributed by atoms with Crippen LogP contribution < -0.4 is 10.2 Å². The summed E-state index contributed by atoms with van der Waals surface area (Å²) in [4.78, 5) is 11.8. The third-order valence-corrected chi connectivity index (χ3v) is 6.82. The fourth-order valence-electron chi connectivity index (χ4n) is 4.76. The van der Waals surface area contributed by atoms with Crippen molar-refractivity contribution in [3.05, 3.63) is 107 Å². The average Bonchev–Trinajstić information content (AvgIpc) is 3.06. The van der Waals surface area contributed by atoms with Crippen molar-refractivity contribution in [3.8, 4) is 11.3 Å². The van der Waals surface area contributed by atoms with E-state index in [1.165, 1.54) is 11.8 Å². The van der Waals surface area contributed by atoms with Crippen molar-refractivity contribution in [1.82, 2.24) is 9.97 Å². The molecule has 180 valence electrons. The molecule has 2 aliphatic rings. The number of hydrogen-bond acceptors (Lipinski definition) is 5. The van der Waals surface area contributed by atoms with E-state index in [1.54, 1.807) is 12.1 Å². The van der Waals surface area contributed by atoms with Gasteiger partial charge in [-0.15, -0.1) is 0 Å². The molecule has 1 aliphatic carbocycles. The van der Waals surface area contributed by atoms with Crippen molar-refractivity contribution < 1.29 is 9.13 Å². The van der Waals surface area contributed by atoms with Gasteiger partial charge in [0.05, 0.1) is 18.9 Å². The summed E-state index contributed by atoms with van der Waals surface area (Å²) >= 11 is 6.38. The fraction of sp³-hybridized carbons (Fsp3) is 0.172. The number of anilines is 3. The molecule has 0 saturated carbocycles. The minimum atomic E-state index is -0.269. The molecule has 0 radical (unpaired) electrons. The van der Waals surface area contributed by atoms with Crippen molar-refractivity contribution in [2.24, 2.45) is 0 Å². The van der Waals surface area contributed by atoms with Crippen molar-refractivity contribution in [2.75, 3.05) is 36.5 Å². The molecular formula is C29H24ClFN4O. The standard InChI is InChI=1S/C29H24ClFN4O/c30-20-6-12-25-26(17-20)23(24-3-1-2-4-27(24)31)11-5-19-18-32-29(34-28(19)25)33-21-7-9-22(10-8-21)35-13-15-36-16-14-35/h1-4,6-12,17-18H,5,13-16H2,(H,32,33,34). The molecule has 0 spiro atoms. The lowest BCUT2D eigenvalue weighted by atomic mass is 9.93. The summed E-state index contributed by atoms with van der Waals surface area (Å²) in [5.41, 5.74) is 6.95. The van der Waals surface area contributed by atoms with Crippen LogP contribution in [0.15, 0.2) is 79.0 Å². The summed E-state index contributed by atoms with van der Waals surface area (Å²) in [6.07, 6.45) is 4.45. The van der Waals surface area contributed by atoms with Gasteiger partial charge < -0.3 is 15.0 Å². The first-order valence-electron chi connectivity index (χ1n) is 12.0. The van der Waals surface area contributed by atoms with Gasteiger partial charge in [-0.25, -0.2) is 14.4 Å². The molecule has 0 amide bonds. The monoisotopic (exact) mass is 498 g/mol. The van der Waals surface area contributed by atoms with Gasteiger partial charge in [-0.05, 0) is 60.0 Å². The maximum Gasteiger partial charge on any atom is 0.227 e. The molecular weight excluding hydrogens is 475 g/mol. The number of hydrogen-bond donors (Lipinski definition) is 1. The van der Waals surface area contributed by atoms with E-state index in [2.05, 4.69) is 27.3 Å². The second kappa shape index (κ2) is 9.72. The van der Waals surface area contributed by atoms with Gasteiger partial charge in [0.25, 0.3) is 0 Å². The van der Waals surface area contributed by atoms with Gasteiger partial charge in [0.15, 0.2) is 0 Å². The van der Waals surface area contributed by atoms with E-state index in [0.717, 1.165) is 59.9 Å². The minimum Gasteiger partial charge on any atom is -0.378 e. The molecule has 4 aromatic rings. The molecule has 7 heteroatoms. The molecule has 1 saturated heterocycles. The minimum absolute atomic E-state index is 0.269. The van der Waals surface area contributed by atoms with Crippen LogP contribution in [0.25, 0.3) is 16.8 Å². The second-order valence-corrected chi connectivity index (χ2v) is 9.27. The van der Waals surface area contributed by atoms with Gasteiger partial charge in [-0.1, -0.05) is 41.9 Å². The molecule has 1 N–H and O–H groups in total. The van der Waals surface area contributed by atoms with E-state index in [4.69, 9.17) is 21.3 Å². The van der Waals surface area contributed by atoms with Crippen LogP contribution in [0.3, 0.4) is 0 Å². The molecule has 1 aromatic heterocycles. The lowest BCUT2D eigenvalue weighted by molar-refractivity contribution is 0.122. The highest BCUT2D eigenvalue weighted by molar-refractivity contribution is 6.31. The predicted molar refractivity (Wildman–Crippen MR) is 142 cm³/mol. The molecule has 2 heterocycles. The zero-order valence-electron chi connectivity index (χ0n) is 19.5. The zero-order chi connectivity index (χ0) is 24.5. The topological polar surface area (TPSA) is 50.3 Å². The maximum atomic E-state index is 14.8. The van der Waals surface area contributed by atoms with Crippen molar-refractivity contribution in [2.45, 2.75) is 6.42 Å². The van der Waals surface area contributed by atoms with Gasteiger partial charge >= 0.3 is 0 Å². The number of fused-ring (bicyclic) bond motifs is 3. The lowest BCUT2D eigenvalue weighted by Crippen LogP contribution is -2.36. The number of halogens is 2. The van der Waals surface area contributed by atoms with Gasteiger partial charge in [0.2, 0.25) is 5.95 Å². The van der Waals surface area contributed by atoms with Crippen LogP contribution in [-0.2, 0) is 11.2 Å². The predicted octanol–water partition coefficient (Wildman–Crippen LogP) is 6.50. The van der Waals surface area contributed by atoms with Crippen LogP contribution in [0.1, 0.15) is 16.7 Å². The Bertz CT molecular complexity index is 1450. The highest BCUT2D eigenvalue weighted by Gasteiger charge is 2.22. The van der Waals surface area contributed by atoms with Gasteiger partial charge in [-0.2, -0.15) is 0 Å². The van der Waals surface area contributed by atoms with Crippen LogP contribution >= 0.6 is 11.6 Å². The average molecular weight is 499 g/mol. The number of rotatable bonds is 4. The molecule has 0 unspecified atom stereocenters. The van der Waals surface area contributed by atoms with Crippen LogP contribution in [-0.4, -0.2) is 36.3 Å². The molecule has 1 aliphatic heterocycles. The van der Waals surface area contributed by atoms with E-state index in [0.29, 0.717) is 23.0 Å². The molecule has 1 fully saturated rings. The smallest absolute Gasteiger partial charge is 0.227 e. The zero-order valence-corrected chi connectivity index (χ0v) is 20.3. The Balaban J connectivity index is 1.33. The van der Waals surface area contributed by atoms with Gasteiger partial charge in [0.1, 0.15) is 5.82 Å². The summed E-state index contributed by atoms with van der Waals surface area (Å²) in [6, 6.07) is 20.7. The Morgan fingerprint density at radius 2 is 1.72 bits per heavy atom. The SMILES string of the molecule is Fc1ccccc1C1=CCc2cnc(Nc3ccc(N4CCOCC4)cc3)nc2-c2ccc(Cl)cc21. The normalized spacial score (nSPS) is 14.9. The maximum absolute atomic E-state index is 14.8. The summed E-state index contributed by atoms with van der Waals surface area (Å²) in [5, 5.41) is 3.92. The van der Waals surface area contributed by atoms with Crippen LogP contribution in [0.4, 0.5) is 21.7 Å². The van der Waals surface area contributed by atoms with Gasteiger partial charge in [-0.3, -0.25) is 0 Å². The Morgan fingerprint density at radius 3 is 2.53 bits per heavy atom. The summed E-state index contributed by atoms with van der Waals surface area (Å²) in [5.74, 6) is 0.234. The molecule has 0 atom stereocenters. The number of nitrogens with zero attached hydrogens (tertiary/aromatic N) is 3. The number of aromatic nitrogens is 2. The Kier molecular flexibility index (Phi) is 6.13. The number of morpholine rings is 1. The number of allylic oxidation sites excluding steroid dienone is 1. The highest BCUT2D eigenvalue weighted by Crippen LogP contribution is 2.39. The Hall–Kier alpha value is -3.74. The van der Waals surface area contributed by atoms with E-state index < -0.39 is 0 Å². The van der Waals surface area contributed by atoms with Crippen LogP contribution in [0, 0.1) is 5.82 Å². The van der Waals surface area contributed by atoms with E-state index in [-0.39, 0.29) is 5.82 Å². The van der Waals surface area contributed by atoms with Crippen molar-refractivity contribution in [1.29, 1.82) is 0 Å². The van der Waals surface area contributed by atoms with Crippen LogP contribution in [0.2, 0.25) is 5.02 Å². The molecule has 5 nitrogen and oxygen atoms in total. The first kappa shape index (κ1) is 22.7. The number of benzene rings is 3.